The van der Waals surface area contributed by atoms with Crippen LogP contribution in [0.5, 0.6) is 0 Å². The van der Waals surface area contributed by atoms with E-state index in [1.807, 2.05) is 17.7 Å². The van der Waals surface area contributed by atoms with Crippen molar-refractivity contribution in [3.63, 3.8) is 0 Å². The zero-order chi connectivity index (χ0) is 12.0. The number of hydrogen-bond donors (Lipinski definition) is 1. The number of aromatic nitrogens is 1. The van der Waals surface area contributed by atoms with Crippen LogP contribution in [0.3, 0.4) is 0 Å². The summed E-state index contributed by atoms with van der Waals surface area (Å²) in [6, 6.07) is 0.883. The highest BCUT2D eigenvalue weighted by molar-refractivity contribution is 7.09. The first-order valence-electron chi connectivity index (χ1n) is 5.95. The predicted molar refractivity (Wildman–Crippen MR) is 71.7 cm³/mol. The SMILES string of the molecule is C=CCC(C)C(C)NC(CC)c1nccs1. The Morgan fingerprint density at radius 2 is 2.31 bits per heavy atom. The van der Waals surface area contributed by atoms with Crippen molar-refractivity contribution in [1.29, 1.82) is 0 Å². The molecule has 0 aliphatic heterocycles. The zero-order valence-electron chi connectivity index (χ0n) is 10.4. The van der Waals surface area contributed by atoms with E-state index in [0.29, 0.717) is 18.0 Å². The van der Waals surface area contributed by atoms with Gasteiger partial charge in [0.05, 0.1) is 6.04 Å². The van der Waals surface area contributed by atoms with Gasteiger partial charge >= 0.3 is 0 Å². The van der Waals surface area contributed by atoms with Crippen LogP contribution >= 0.6 is 11.3 Å². The van der Waals surface area contributed by atoms with Crippen LogP contribution in [-0.4, -0.2) is 11.0 Å². The minimum absolute atomic E-state index is 0.391. The summed E-state index contributed by atoms with van der Waals surface area (Å²) in [7, 11) is 0. The molecule has 2 nitrogen and oxygen atoms in total. The van der Waals surface area contributed by atoms with Gasteiger partial charge in [0.2, 0.25) is 0 Å². The van der Waals surface area contributed by atoms with Crippen LogP contribution in [0.15, 0.2) is 24.2 Å². The first-order valence-corrected chi connectivity index (χ1v) is 6.83. The molecule has 0 fully saturated rings. The number of thiazole rings is 1. The molecule has 1 aromatic heterocycles. The van der Waals surface area contributed by atoms with Gasteiger partial charge in [-0.1, -0.05) is 19.9 Å². The van der Waals surface area contributed by atoms with Crippen molar-refractivity contribution >= 4 is 11.3 Å². The van der Waals surface area contributed by atoms with Gasteiger partial charge in [-0.2, -0.15) is 0 Å². The molecule has 16 heavy (non-hydrogen) atoms. The van der Waals surface area contributed by atoms with E-state index in [1.54, 1.807) is 11.3 Å². The number of rotatable bonds is 7. The third-order valence-corrected chi connectivity index (χ3v) is 3.90. The molecule has 0 aliphatic rings. The molecule has 3 atom stereocenters. The molecular formula is C13H22N2S. The third kappa shape index (κ3) is 3.72. The fourth-order valence-corrected chi connectivity index (χ4v) is 2.50. The third-order valence-electron chi connectivity index (χ3n) is 3.01. The molecule has 0 bridgehead atoms. The molecule has 0 saturated carbocycles. The Hall–Kier alpha value is -0.670. The molecule has 0 amide bonds. The Morgan fingerprint density at radius 1 is 1.56 bits per heavy atom. The summed E-state index contributed by atoms with van der Waals surface area (Å²) in [6.07, 6.45) is 6.01. The lowest BCUT2D eigenvalue weighted by Gasteiger charge is -2.25. The summed E-state index contributed by atoms with van der Waals surface area (Å²) < 4.78 is 0. The number of nitrogens with zero attached hydrogens (tertiary/aromatic N) is 1. The first-order chi connectivity index (χ1) is 7.69. The second-order valence-electron chi connectivity index (χ2n) is 4.29. The maximum Gasteiger partial charge on any atom is 0.109 e. The van der Waals surface area contributed by atoms with Gasteiger partial charge in [-0.05, 0) is 25.7 Å². The quantitative estimate of drug-likeness (QED) is 0.731. The van der Waals surface area contributed by atoms with Crippen molar-refractivity contribution in [2.24, 2.45) is 5.92 Å². The summed E-state index contributed by atoms with van der Waals surface area (Å²) in [5, 5.41) is 6.89. The maximum atomic E-state index is 4.38. The van der Waals surface area contributed by atoms with Gasteiger partial charge in [0, 0.05) is 17.6 Å². The molecule has 0 spiro atoms. The van der Waals surface area contributed by atoms with Gasteiger partial charge < -0.3 is 5.32 Å². The zero-order valence-corrected chi connectivity index (χ0v) is 11.3. The fraction of sp³-hybridized carbons (Fsp3) is 0.615. The minimum atomic E-state index is 0.391. The monoisotopic (exact) mass is 238 g/mol. The predicted octanol–water partition coefficient (Wildman–Crippen LogP) is 3.78. The Bertz CT molecular complexity index is 295. The van der Waals surface area contributed by atoms with E-state index in [4.69, 9.17) is 0 Å². The molecule has 1 heterocycles. The number of allylic oxidation sites excluding steroid dienone is 1. The van der Waals surface area contributed by atoms with Gasteiger partial charge in [-0.15, -0.1) is 17.9 Å². The van der Waals surface area contributed by atoms with E-state index in [2.05, 4.69) is 37.7 Å². The Labute approximate surface area is 103 Å². The van der Waals surface area contributed by atoms with Crippen molar-refractivity contribution in [2.45, 2.75) is 45.7 Å². The smallest absolute Gasteiger partial charge is 0.109 e. The first kappa shape index (κ1) is 13.4. The van der Waals surface area contributed by atoms with E-state index >= 15 is 0 Å². The summed E-state index contributed by atoms with van der Waals surface area (Å²) in [5.74, 6) is 0.617. The van der Waals surface area contributed by atoms with E-state index < -0.39 is 0 Å². The van der Waals surface area contributed by atoms with Crippen molar-refractivity contribution in [1.82, 2.24) is 10.3 Å². The summed E-state index contributed by atoms with van der Waals surface area (Å²) in [4.78, 5) is 4.38. The Morgan fingerprint density at radius 3 is 2.81 bits per heavy atom. The average Bonchev–Trinajstić information content (AvgIpc) is 2.79. The molecule has 0 aliphatic carbocycles. The molecule has 0 saturated heterocycles. The lowest BCUT2D eigenvalue weighted by atomic mass is 9.99. The topological polar surface area (TPSA) is 24.9 Å². The molecule has 1 aromatic rings. The Balaban J connectivity index is 2.53. The van der Waals surface area contributed by atoms with Gasteiger partial charge in [-0.25, -0.2) is 4.98 Å². The van der Waals surface area contributed by atoms with Gasteiger partial charge in [0.15, 0.2) is 0 Å². The fourth-order valence-electron chi connectivity index (χ4n) is 1.72. The lowest BCUT2D eigenvalue weighted by Crippen LogP contribution is -2.35. The van der Waals surface area contributed by atoms with E-state index in [0.717, 1.165) is 12.8 Å². The molecule has 0 radical (unpaired) electrons. The second kappa shape index (κ2) is 6.81. The van der Waals surface area contributed by atoms with Gasteiger partial charge in [0.1, 0.15) is 5.01 Å². The van der Waals surface area contributed by atoms with Crippen molar-refractivity contribution in [2.75, 3.05) is 0 Å². The Kier molecular flexibility index (Phi) is 5.71. The second-order valence-corrected chi connectivity index (χ2v) is 5.21. The van der Waals surface area contributed by atoms with Crippen molar-refractivity contribution in [3.8, 4) is 0 Å². The minimum Gasteiger partial charge on any atom is -0.305 e. The summed E-state index contributed by atoms with van der Waals surface area (Å²) in [6.45, 7) is 10.5. The highest BCUT2D eigenvalue weighted by Gasteiger charge is 2.17. The molecule has 90 valence electrons. The van der Waals surface area contributed by atoms with Crippen molar-refractivity contribution in [3.05, 3.63) is 29.2 Å². The van der Waals surface area contributed by atoms with Crippen LogP contribution in [0.4, 0.5) is 0 Å². The van der Waals surface area contributed by atoms with Crippen LogP contribution in [-0.2, 0) is 0 Å². The molecule has 3 unspecified atom stereocenters. The molecule has 1 rings (SSSR count). The van der Waals surface area contributed by atoms with Crippen LogP contribution in [0.25, 0.3) is 0 Å². The normalized spacial score (nSPS) is 16.7. The highest BCUT2D eigenvalue weighted by Crippen LogP contribution is 2.21. The van der Waals surface area contributed by atoms with Crippen LogP contribution in [0, 0.1) is 5.92 Å². The van der Waals surface area contributed by atoms with E-state index in [1.165, 1.54) is 5.01 Å². The molecule has 3 heteroatoms. The number of hydrogen-bond acceptors (Lipinski definition) is 3. The molecule has 0 aromatic carbocycles. The van der Waals surface area contributed by atoms with Crippen LogP contribution in [0.1, 0.15) is 44.7 Å². The summed E-state index contributed by atoms with van der Waals surface area (Å²) in [5.41, 5.74) is 0. The van der Waals surface area contributed by atoms with Gasteiger partial charge in [0.25, 0.3) is 0 Å². The average molecular weight is 238 g/mol. The van der Waals surface area contributed by atoms with E-state index in [9.17, 15) is 0 Å². The standard InChI is InChI=1S/C13H22N2S/c1-5-7-10(3)11(4)15-12(6-2)13-14-8-9-16-13/h5,8-12,15H,1,6-7H2,2-4H3. The maximum absolute atomic E-state index is 4.38. The summed E-state index contributed by atoms with van der Waals surface area (Å²) >= 11 is 1.73. The van der Waals surface area contributed by atoms with Gasteiger partial charge in [-0.3, -0.25) is 0 Å². The molecule has 1 N–H and O–H groups in total. The van der Waals surface area contributed by atoms with Crippen LogP contribution < -0.4 is 5.32 Å². The van der Waals surface area contributed by atoms with Crippen LogP contribution in [0.2, 0.25) is 0 Å². The highest BCUT2D eigenvalue weighted by atomic mass is 32.1. The largest absolute Gasteiger partial charge is 0.305 e. The van der Waals surface area contributed by atoms with Crippen molar-refractivity contribution < 1.29 is 0 Å². The molecular weight excluding hydrogens is 216 g/mol. The van der Waals surface area contributed by atoms with E-state index in [-0.39, 0.29) is 0 Å². The number of nitrogens with one attached hydrogen (secondary N) is 1. The lowest BCUT2D eigenvalue weighted by molar-refractivity contribution is 0.354.